The van der Waals surface area contributed by atoms with Crippen molar-refractivity contribution >= 4 is 17.3 Å². The van der Waals surface area contributed by atoms with Gasteiger partial charge >= 0.3 is 0 Å². The fraction of sp³-hybridized carbons (Fsp3) is 0.200. The van der Waals surface area contributed by atoms with Gasteiger partial charge in [0, 0.05) is 7.05 Å². The summed E-state index contributed by atoms with van der Waals surface area (Å²) in [5, 5.41) is 15.2. The minimum Gasteiger partial charge on any atom is -0.497 e. The normalized spacial score (nSPS) is 10.6. The van der Waals surface area contributed by atoms with Crippen LogP contribution < -0.4 is 15.6 Å². The van der Waals surface area contributed by atoms with Crippen LogP contribution >= 0.6 is 11.6 Å². The van der Waals surface area contributed by atoms with Crippen LogP contribution in [0.15, 0.2) is 41.5 Å². The van der Waals surface area contributed by atoms with Crippen LogP contribution in [0.2, 0.25) is 5.02 Å². The van der Waals surface area contributed by atoms with Crippen molar-refractivity contribution in [2.45, 2.75) is 6.54 Å². The van der Waals surface area contributed by atoms with Gasteiger partial charge in [-0.15, -0.1) is 5.10 Å². The Hall–Kier alpha value is -2.87. The molecule has 8 nitrogen and oxygen atoms in total. The van der Waals surface area contributed by atoms with Gasteiger partial charge in [-0.25, -0.2) is 9.36 Å². The lowest BCUT2D eigenvalue weighted by molar-refractivity contribution is 0.414. The first kappa shape index (κ1) is 16.0. The van der Waals surface area contributed by atoms with E-state index in [0.29, 0.717) is 17.9 Å². The molecule has 2 aromatic heterocycles. The van der Waals surface area contributed by atoms with E-state index >= 15 is 0 Å². The molecule has 0 radical (unpaired) electrons. The zero-order valence-electron chi connectivity index (χ0n) is 13.1. The zero-order chi connectivity index (χ0) is 17.1. The number of nitrogens with one attached hydrogen (secondary N) is 1. The summed E-state index contributed by atoms with van der Waals surface area (Å²) in [7, 11) is 3.16. The number of ether oxygens (including phenoxy) is 1. The van der Waals surface area contributed by atoms with E-state index in [1.54, 1.807) is 25.0 Å². The molecule has 3 rings (SSSR count). The van der Waals surface area contributed by atoms with Crippen LogP contribution in [0.3, 0.4) is 0 Å². The molecule has 1 aromatic carbocycles. The van der Waals surface area contributed by atoms with E-state index in [1.165, 1.54) is 10.9 Å². The second-order valence-corrected chi connectivity index (χ2v) is 5.38. The van der Waals surface area contributed by atoms with Crippen LogP contribution in [0.25, 0.3) is 5.69 Å². The quantitative estimate of drug-likeness (QED) is 0.755. The number of methoxy groups -OCH3 is 1. The highest BCUT2D eigenvalue weighted by Gasteiger charge is 2.08. The van der Waals surface area contributed by atoms with Crippen LogP contribution in [0.4, 0.5) is 5.69 Å². The van der Waals surface area contributed by atoms with Crippen LogP contribution in [0, 0.1) is 0 Å². The van der Waals surface area contributed by atoms with Crippen molar-refractivity contribution < 1.29 is 4.74 Å². The maximum absolute atomic E-state index is 11.7. The van der Waals surface area contributed by atoms with Crippen molar-refractivity contribution in [2.24, 2.45) is 7.05 Å². The molecule has 0 aliphatic carbocycles. The van der Waals surface area contributed by atoms with Crippen LogP contribution in [-0.2, 0) is 13.6 Å². The second-order valence-electron chi connectivity index (χ2n) is 5.01. The lowest BCUT2D eigenvalue weighted by atomic mass is 10.3. The van der Waals surface area contributed by atoms with Gasteiger partial charge in [0.25, 0.3) is 5.56 Å². The average molecular weight is 347 g/mol. The Morgan fingerprint density at radius 3 is 2.75 bits per heavy atom. The summed E-state index contributed by atoms with van der Waals surface area (Å²) >= 11 is 6.01. The Labute approximate surface area is 142 Å². The van der Waals surface area contributed by atoms with Crippen molar-refractivity contribution in [1.29, 1.82) is 0 Å². The number of anilines is 1. The van der Waals surface area contributed by atoms with E-state index in [0.717, 1.165) is 11.4 Å². The molecule has 0 fully saturated rings. The largest absolute Gasteiger partial charge is 0.497 e. The van der Waals surface area contributed by atoms with Crippen LogP contribution in [0.1, 0.15) is 5.69 Å². The summed E-state index contributed by atoms with van der Waals surface area (Å²) in [5.41, 5.74) is 1.66. The highest BCUT2D eigenvalue weighted by Crippen LogP contribution is 2.17. The molecule has 0 bridgehead atoms. The number of aromatic nitrogens is 5. The van der Waals surface area contributed by atoms with Crippen molar-refractivity contribution in [2.75, 3.05) is 12.4 Å². The molecule has 3 aromatic rings. The third kappa shape index (κ3) is 3.23. The Morgan fingerprint density at radius 1 is 1.29 bits per heavy atom. The number of aryl methyl sites for hydroxylation is 1. The van der Waals surface area contributed by atoms with E-state index in [1.807, 2.05) is 24.3 Å². The molecule has 0 aliphatic rings. The van der Waals surface area contributed by atoms with Gasteiger partial charge in [-0.05, 0) is 24.3 Å². The maximum Gasteiger partial charge on any atom is 0.287 e. The van der Waals surface area contributed by atoms with E-state index in [2.05, 4.69) is 20.7 Å². The predicted molar refractivity (Wildman–Crippen MR) is 89.7 cm³/mol. The minimum atomic E-state index is -0.358. The highest BCUT2D eigenvalue weighted by atomic mass is 35.5. The molecule has 1 N–H and O–H groups in total. The first-order valence-corrected chi connectivity index (χ1v) is 7.47. The molecular formula is C15H15ClN6O2. The Bertz CT molecular complexity index is 903. The molecule has 2 heterocycles. The molecule has 0 spiro atoms. The number of benzene rings is 1. The van der Waals surface area contributed by atoms with Gasteiger partial charge in [-0.2, -0.15) is 5.10 Å². The zero-order valence-corrected chi connectivity index (χ0v) is 13.9. The Balaban J connectivity index is 1.72. The predicted octanol–water partition coefficient (Wildman–Crippen LogP) is 1.64. The first-order chi connectivity index (χ1) is 11.6. The van der Waals surface area contributed by atoms with Gasteiger partial charge < -0.3 is 10.1 Å². The van der Waals surface area contributed by atoms with Gasteiger partial charge in [-0.1, -0.05) is 16.8 Å². The molecule has 0 atom stereocenters. The molecule has 0 amide bonds. The van der Waals surface area contributed by atoms with Gasteiger partial charge in [0.2, 0.25) is 0 Å². The fourth-order valence-electron chi connectivity index (χ4n) is 2.06. The summed E-state index contributed by atoms with van der Waals surface area (Å²) in [6.07, 6.45) is 3.29. The molecule has 0 saturated carbocycles. The van der Waals surface area contributed by atoms with Gasteiger partial charge in [-0.3, -0.25) is 4.79 Å². The van der Waals surface area contributed by atoms with E-state index in [9.17, 15) is 4.79 Å². The van der Waals surface area contributed by atoms with Crippen molar-refractivity contribution in [1.82, 2.24) is 24.8 Å². The number of nitrogens with zero attached hydrogens (tertiary/aromatic N) is 5. The standard InChI is InChI=1S/C15H15ClN6O2/c1-21-15(23)14(16)13(8-18-21)17-7-10-9-22(20-19-10)11-3-5-12(24-2)6-4-11/h3-6,8-9,17H,7H2,1-2H3. The highest BCUT2D eigenvalue weighted by molar-refractivity contribution is 6.32. The Morgan fingerprint density at radius 2 is 2.04 bits per heavy atom. The molecule has 0 saturated heterocycles. The third-order valence-corrected chi connectivity index (χ3v) is 3.78. The minimum absolute atomic E-state index is 0.0926. The molecule has 0 unspecified atom stereocenters. The summed E-state index contributed by atoms with van der Waals surface area (Å²) < 4.78 is 7.95. The third-order valence-electron chi connectivity index (χ3n) is 3.42. The van der Waals surface area contributed by atoms with Gasteiger partial charge in [0.15, 0.2) is 0 Å². The summed E-state index contributed by atoms with van der Waals surface area (Å²) in [6.45, 7) is 0.366. The van der Waals surface area contributed by atoms with Crippen molar-refractivity contribution in [3.63, 3.8) is 0 Å². The van der Waals surface area contributed by atoms with Gasteiger partial charge in [0.05, 0.1) is 37.4 Å². The monoisotopic (exact) mass is 346 g/mol. The van der Waals surface area contributed by atoms with Crippen molar-refractivity contribution in [3.8, 4) is 11.4 Å². The summed E-state index contributed by atoms with van der Waals surface area (Å²) in [4.78, 5) is 11.7. The smallest absolute Gasteiger partial charge is 0.287 e. The van der Waals surface area contributed by atoms with E-state index in [4.69, 9.17) is 16.3 Å². The lowest BCUT2D eigenvalue weighted by Gasteiger charge is -2.06. The average Bonchev–Trinajstić information content (AvgIpc) is 3.08. The van der Waals surface area contributed by atoms with Crippen LogP contribution in [0.5, 0.6) is 5.75 Å². The molecule has 0 aliphatic heterocycles. The maximum atomic E-state index is 11.7. The van der Waals surface area contributed by atoms with E-state index < -0.39 is 0 Å². The number of halogens is 1. The molecule has 124 valence electrons. The number of hydrogen-bond donors (Lipinski definition) is 1. The summed E-state index contributed by atoms with van der Waals surface area (Å²) in [5.74, 6) is 0.772. The lowest BCUT2D eigenvalue weighted by Crippen LogP contribution is -2.21. The fourth-order valence-corrected chi connectivity index (χ4v) is 2.30. The topological polar surface area (TPSA) is 86.9 Å². The Kier molecular flexibility index (Phi) is 4.48. The van der Waals surface area contributed by atoms with Crippen LogP contribution in [-0.4, -0.2) is 31.9 Å². The second kappa shape index (κ2) is 6.71. The van der Waals surface area contributed by atoms with Crippen molar-refractivity contribution in [3.05, 3.63) is 57.7 Å². The number of hydrogen-bond acceptors (Lipinski definition) is 6. The molecule has 24 heavy (non-hydrogen) atoms. The summed E-state index contributed by atoms with van der Waals surface area (Å²) in [6, 6.07) is 7.46. The van der Waals surface area contributed by atoms with Gasteiger partial charge in [0.1, 0.15) is 16.5 Å². The SMILES string of the molecule is COc1ccc(-n2cc(CNc3cnn(C)c(=O)c3Cl)nn2)cc1. The number of rotatable bonds is 5. The molecular weight excluding hydrogens is 332 g/mol. The van der Waals surface area contributed by atoms with E-state index in [-0.39, 0.29) is 10.6 Å². The first-order valence-electron chi connectivity index (χ1n) is 7.10. The molecule has 9 heteroatoms.